The first kappa shape index (κ1) is 14.7. The van der Waals surface area contributed by atoms with Crippen LogP contribution in [0, 0.1) is 0 Å². The van der Waals surface area contributed by atoms with Gasteiger partial charge >= 0.3 is 0 Å². The van der Waals surface area contributed by atoms with E-state index in [1.807, 2.05) is 13.8 Å². The summed E-state index contributed by atoms with van der Waals surface area (Å²) < 4.78 is 0. The number of amides is 1. The molecule has 0 aliphatic heterocycles. The molecule has 2 N–H and O–H groups in total. The number of carbonyl (C=O) groups is 1. The number of carbonyl (C=O) groups excluding carboxylic acids is 1. The normalized spacial score (nSPS) is 12.2. The summed E-state index contributed by atoms with van der Waals surface area (Å²) in [7, 11) is 0. The molecule has 1 aromatic carbocycles. The maximum atomic E-state index is 11.7. The molecule has 0 heterocycles. The highest BCUT2D eigenvalue weighted by molar-refractivity contribution is 5.76. The fraction of sp³-hybridized carbons (Fsp3) is 0.533. The molecule has 0 radical (unpaired) electrons. The molecule has 0 aliphatic rings. The van der Waals surface area contributed by atoms with E-state index in [4.69, 9.17) is 0 Å². The summed E-state index contributed by atoms with van der Waals surface area (Å²) in [5, 5.41) is 6.18. The van der Waals surface area contributed by atoms with Crippen LogP contribution in [0.3, 0.4) is 0 Å². The smallest absolute Gasteiger partial charge is 0.221 e. The molecular weight excluding hydrogens is 224 g/mol. The van der Waals surface area contributed by atoms with E-state index in [-0.39, 0.29) is 11.9 Å². The molecule has 1 amide bonds. The summed E-state index contributed by atoms with van der Waals surface area (Å²) in [6.07, 6.45) is 1.58. The monoisotopic (exact) mass is 248 g/mol. The van der Waals surface area contributed by atoms with Crippen molar-refractivity contribution in [2.75, 3.05) is 6.54 Å². The molecule has 1 aromatic rings. The van der Waals surface area contributed by atoms with Crippen LogP contribution in [0.2, 0.25) is 0 Å². The molecule has 1 unspecified atom stereocenters. The van der Waals surface area contributed by atoms with Crippen LogP contribution in [0.1, 0.15) is 38.3 Å². The van der Waals surface area contributed by atoms with Crippen LogP contribution in [0.25, 0.3) is 0 Å². The second-order valence-corrected chi connectivity index (χ2v) is 4.61. The van der Waals surface area contributed by atoms with Crippen LogP contribution in [0.15, 0.2) is 24.3 Å². The Labute approximate surface area is 110 Å². The number of aryl methyl sites for hydroxylation is 1. The SMILES string of the molecule is CCNC(C)CC(=O)NCc1ccc(CC)cc1. The summed E-state index contributed by atoms with van der Waals surface area (Å²) in [5.41, 5.74) is 2.47. The van der Waals surface area contributed by atoms with Crippen molar-refractivity contribution in [3.8, 4) is 0 Å². The lowest BCUT2D eigenvalue weighted by atomic mass is 10.1. The Kier molecular flexibility index (Phi) is 6.44. The van der Waals surface area contributed by atoms with E-state index in [2.05, 4.69) is 41.8 Å². The molecule has 0 saturated heterocycles. The molecule has 18 heavy (non-hydrogen) atoms. The maximum absolute atomic E-state index is 11.7. The minimum atomic E-state index is 0.100. The highest BCUT2D eigenvalue weighted by Gasteiger charge is 2.07. The molecule has 1 rings (SSSR count). The minimum Gasteiger partial charge on any atom is -0.352 e. The van der Waals surface area contributed by atoms with Gasteiger partial charge in [0.15, 0.2) is 0 Å². The summed E-state index contributed by atoms with van der Waals surface area (Å²) in [4.78, 5) is 11.7. The van der Waals surface area contributed by atoms with E-state index in [1.54, 1.807) is 0 Å². The van der Waals surface area contributed by atoms with Gasteiger partial charge in [0.2, 0.25) is 5.91 Å². The Morgan fingerprint density at radius 3 is 2.33 bits per heavy atom. The zero-order valence-electron chi connectivity index (χ0n) is 11.6. The van der Waals surface area contributed by atoms with Crippen LogP contribution in [-0.2, 0) is 17.8 Å². The largest absolute Gasteiger partial charge is 0.352 e. The van der Waals surface area contributed by atoms with Crippen LogP contribution >= 0.6 is 0 Å². The molecule has 3 heteroatoms. The van der Waals surface area contributed by atoms with E-state index >= 15 is 0 Å². The van der Waals surface area contributed by atoms with Crippen LogP contribution in [0.4, 0.5) is 0 Å². The Morgan fingerprint density at radius 1 is 1.17 bits per heavy atom. The van der Waals surface area contributed by atoms with Crippen molar-refractivity contribution in [2.24, 2.45) is 0 Å². The zero-order valence-corrected chi connectivity index (χ0v) is 11.6. The third kappa shape index (κ3) is 5.32. The van der Waals surface area contributed by atoms with Crippen molar-refractivity contribution in [1.82, 2.24) is 10.6 Å². The third-order valence-electron chi connectivity index (χ3n) is 2.97. The molecule has 3 nitrogen and oxygen atoms in total. The van der Waals surface area contributed by atoms with E-state index in [0.717, 1.165) is 18.5 Å². The van der Waals surface area contributed by atoms with Gasteiger partial charge < -0.3 is 10.6 Å². The van der Waals surface area contributed by atoms with Crippen LogP contribution in [-0.4, -0.2) is 18.5 Å². The molecule has 0 spiro atoms. The average Bonchev–Trinajstić information content (AvgIpc) is 2.37. The Balaban J connectivity index is 2.33. The number of hydrogen-bond donors (Lipinski definition) is 2. The van der Waals surface area contributed by atoms with Crippen molar-refractivity contribution >= 4 is 5.91 Å². The first-order chi connectivity index (χ1) is 8.65. The maximum Gasteiger partial charge on any atom is 0.221 e. The van der Waals surface area contributed by atoms with Crippen LogP contribution < -0.4 is 10.6 Å². The second kappa shape index (κ2) is 7.88. The number of hydrogen-bond acceptors (Lipinski definition) is 2. The van der Waals surface area contributed by atoms with E-state index in [9.17, 15) is 4.79 Å². The van der Waals surface area contributed by atoms with Crippen molar-refractivity contribution in [2.45, 2.75) is 46.2 Å². The predicted octanol–water partition coefficient (Wildman–Crippen LogP) is 2.25. The molecule has 0 aliphatic carbocycles. The molecule has 100 valence electrons. The Hall–Kier alpha value is -1.35. The molecule has 0 bridgehead atoms. The van der Waals surface area contributed by atoms with Crippen LogP contribution in [0.5, 0.6) is 0 Å². The first-order valence-corrected chi connectivity index (χ1v) is 6.73. The highest BCUT2D eigenvalue weighted by atomic mass is 16.1. The lowest BCUT2D eigenvalue weighted by Gasteiger charge is -2.12. The average molecular weight is 248 g/mol. The van der Waals surface area contributed by atoms with E-state index in [1.165, 1.54) is 5.56 Å². The van der Waals surface area contributed by atoms with Crippen molar-refractivity contribution < 1.29 is 4.79 Å². The number of nitrogens with one attached hydrogen (secondary N) is 2. The minimum absolute atomic E-state index is 0.100. The first-order valence-electron chi connectivity index (χ1n) is 6.73. The van der Waals surface area contributed by atoms with Gasteiger partial charge in [-0.3, -0.25) is 4.79 Å². The molecule has 0 fully saturated rings. The predicted molar refractivity (Wildman–Crippen MR) is 75.4 cm³/mol. The van der Waals surface area contributed by atoms with Gasteiger partial charge in [0, 0.05) is 19.0 Å². The van der Waals surface area contributed by atoms with Gasteiger partial charge in [0.05, 0.1) is 0 Å². The van der Waals surface area contributed by atoms with Gasteiger partial charge in [-0.15, -0.1) is 0 Å². The van der Waals surface area contributed by atoms with Crippen molar-refractivity contribution in [1.29, 1.82) is 0 Å². The highest BCUT2D eigenvalue weighted by Crippen LogP contribution is 2.04. The number of rotatable bonds is 7. The fourth-order valence-electron chi connectivity index (χ4n) is 1.86. The van der Waals surface area contributed by atoms with Gasteiger partial charge in [-0.25, -0.2) is 0 Å². The van der Waals surface area contributed by atoms with E-state index in [0.29, 0.717) is 13.0 Å². The van der Waals surface area contributed by atoms with Gasteiger partial charge in [-0.05, 0) is 31.0 Å². The summed E-state index contributed by atoms with van der Waals surface area (Å²) in [6, 6.07) is 8.61. The Bertz CT molecular complexity index is 359. The molecule has 1 atom stereocenters. The van der Waals surface area contributed by atoms with Gasteiger partial charge in [-0.2, -0.15) is 0 Å². The lowest BCUT2D eigenvalue weighted by Crippen LogP contribution is -2.33. The fourth-order valence-corrected chi connectivity index (χ4v) is 1.86. The van der Waals surface area contributed by atoms with Crippen molar-refractivity contribution in [3.63, 3.8) is 0 Å². The summed E-state index contributed by atoms with van der Waals surface area (Å²) in [5.74, 6) is 0.100. The Morgan fingerprint density at radius 2 is 1.78 bits per heavy atom. The molecule has 0 saturated carbocycles. The van der Waals surface area contributed by atoms with Gasteiger partial charge in [0.1, 0.15) is 0 Å². The molecular formula is C15H24N2O. The van der Waals surface area contributed by atoms with E-state index < -0.39 is 0 Å². The van der Waals surface area contributed by atoms with Crippen molar-refractivity contribution in [3.05, 3.63) is 35.4 Å². The standard InChI is InChI=1S/C15H24N2O/c1-4-13-6-8-14(9-7-13)11-17-15(18)10-12(3)16-5-2/h6-9,12,16H,4-5,10-11H2,1-3H3,(H,17,18). The van der Waals surface area contributed by atoms with Gasteiger partial charge in [-0.1, -0.05) is 38.1 Å². The number of benzene rings is 1. The third-order valence-corrected chi connectivity index (χ3v) is 2.97. The summed E-state index contributed by atoms with van der Waals surface area (Å²) >= 11 is 0. The summed E-state index contributed by atoms with van der Waals surface area (Å²) in [6.45, 7) is 7.72. The molecule has 0 aromatic heterocycles. The quantitative estimate of drug-likeness (QED) is 0.777. The lowest BCUT2D eigenvalue weighted by molar-refractivity contribution is -0.121. The second-order valence-electron chi connectivity index (χ2n) is 4.61. The topological polar surface area (TPSA) is 41.1 Å². The zero-order chi connectivity index (χ0) is 13.4. The van der Waals surface area contributed by atoms with Gasteiger partial charge in [0.25, 0.3) is 0 Å².